The van der Waals surface area contributed by atoms with Crippen LogP contribution in [0.4, 0.5) is 5.69 Å². The molecule has 0 bridgehead atoms. The van der Waals surface area contributed by atoms with Crippen molar-refractivity contribution in [1.29, 1.82) is 0 Å². The van der Waals surface area contributed by atoms with Crippen LogP contribution in [0, 0.1) is 0 Å². The van der Waals surface area contributed by atoms with Gasteiger partial charge in [0.15, 0.2) is 0 Å². The fourth-order valence-corrected chi connectivity index (χ4v) is 5.99. The van der Waals surface area contributed by atoms with Crippen molar-refractivity contribution in [2.75, 3.05) is 23.7 Å². The van der Waals surface area contributed by atoms with Gasteiger partial charge in [-0.2, -0.15) is 11.8 Å². The van der Waals surface area contributed by atoms with Crippen molar-refractivity contribution in [3.05, 3.63) is 59.1 Å². The third-order valence-corrected chi connectivity index (χ3v) is 8.69. The van der Waals surface area contributed by atoms with E-state index in [1.807, 2.05) is 11.8 Å². The second kappa shape index (κ2) is 10.6. The average molecular weight is 467 g/mol. The van der Waals surface area contributed by atoms with Gasteiger partial charge in [-0.15, -0.1) is 0 Å². The lowest BCUT2D eigenvalue weighted by molar-refractivity contribution is 0.0956. The summed E-state index contributed by atoms with van der Waals surface area (Å²) >= 11 is 7.79. The second-order valence-corrected chi connectivity index (χ2v) is 11.2. The molecule has 0 spiro atoms. The quantitative estimate of drug-likeness (QED) is 0.558. The number of nitrogens with zero attached hydrogens (tertiary/aromatic N) is 1. The van der Waals surface area contributed by atoms with E-state index in [1.54, 1.807) is 36.4 Å². The molecular formula is C22H27ClN2O3S2. The van der Waals surface area contributed by atoms with E-state index in [1.165, 1.54) is 55.6 Å². The minimum absolute atomic E-state index is 0.144. The third kappa shape index (κ3) is 5.93. The van der Waals surface area contributed by atoms with Gasteiger partial charge in [-0.05, 0) is 61.4 Å². The molecule has 1 aliphatic carbocycles. The van der Waals surface area contributed by atoms with E-state index < -0.39 is 10.0 Å². The SMILES string of the molecule is CN(c1ccc(C(=O)NCCSC2CCCCC2)cc1)S(=O)(=O)c1ccc(Cl)cc1. The first-order valence-electron chi connectivity index (χ1n) is 10.1. The molecule has 0 saturated heterocycles. The van der Waals surface area contributed by atoms with Crippen LogP contribution in [0.2, 0.25) is 5.02 Å². The molecule has 2 aromatic rings. The van der Waals surface area contributed by atoms with Crippen molar-refractivity contribution in [2.45, 2.75) is 42.2 Å². The average Bonchev–Trinajstić information content (AvgIpc) is 2.77. The van der Waals surface area contributed by atoms with Crippen LogP contribution in [0.5, 0.6) is 0 Å². The van der Waals surface area contributed by atoms with Crippen LogP contribution in [-0.2, 0) is 10.0 Å². The Morgan fingerprint density at radius 3 is 2.33 bits per heavy atom. The lowest BCUT2D eigenvalue weighted by atomic mass is 10.0. The normalized spacial score (nSPS) is 15.0. The van der Waals surface area contributed by atoms with Crippen LogP contribution < -0.4 is 9.62 Å². The van der Waals surface area contributed by atoms with Crippen LogP contribution in [0.3, 0.4) is 0 Å². The highest BCUT2D eigenvalue weighted by molar-refractivity contribution is 7.99. The Morgan fingerprint density at radius 1 is 1.07 bits per heavy atom. The van der Waals surface area contributed by atoms with Crippen LogP contribution in [-0.4, -0.2) is 38.9 Å². The number of sulfonamides is 1. The molecule has 3 rings (SSSR count). The number of rotatable bonds is 8. The van der Waals surface area contributed by atoms with Crippen molar-refractivity contribution < 1.29 is 13.2 Å². The smallest absolute Gasteiger partial charge is 0.264 e. The summed E-state index contributed by atoms with van der Waals surface area (Å²) in [6.07, 6.45) is 6.55. The summed E-state index contributed by atoms with van der Waals surface area (Å²) in [6.45, 7) is 0.632. The van der Waals surface area contributed by atoms with Gasteiger partial charge < -0.3 is 5.32 Å². The molecule has 0 heterocycles. The molecule has 0 aromatic heterocycles. The predicted molar refractivity (Wildman–Crippen MR) is 125 cm³/mol. The number of anilines is 1. The zero-order chi connectivity index (χ0) is 21.6. The number of benzene rings is 2. The maximum Gasteiger partial charge on any atom is 0.264 e. The molecule has 1 aliphatic rings. The Kier molecular flexibility index (Phi) is 8.08. The van der Waals surface area contributed by atoms with Crippen molar-refractivity contribution in [2.24, 2.45) is 0 Å². The molecule has 162 valence electrons. The number of carbonyl (C=O) groups is 1. The minimum Gasteiger partial charge on any atom is -0.351 e. The first-order valence-corrected chi connectivity index (χ1v) is 13.0. The van der Waals surface area contributed by atoms with Gasteiger partial charge in [0.25, 0.3) is 15.9 Å². The van der Waals surface area contributed by atoms with Gasteiger partial charge in [-0.3, -0.25) is 9.10 Å². The minimum atomic E-state index is -3.70. The number of nitrogens with one attached hydrogen (secondary N) is 1. The molecule has 0 unspecified atom stereocenters. The second-order valence-electron chi connectivity index (χ2n) is 7.36. The van der Waals surface area contributed by atoms with E-state index in [2.05, 4.69) is 5.32 Å². The Bertz CT molecular complexity index is 941. The Labute approximate surface area is 188 Å². The van der Waals surface area contributed by atoms with Crippen LogP contribution in [0.1, 0.15) is 42.5 Å². The van der Waals surface area contributed by atoms with Gasteiger partial charge >= 0.3 is 0 Å². The number of hydrogen-bond acceptors (Lipinski definition) is 4. The molecule has 2 aromatic carbocycles. The number of carbonyl (C=O) groups excluding carboxylic acids is 1. The molecule has 0 atom stereocenters. The zero-order valence-corrected chi connectivity index (χ0v) is 19.4. The number of thioether (sulfide) groups is 1. The number of hydrogen-bond donors (Lipinski definition) is 1. The van der Waals surface area contributed by atoms with Crippen LogP contribution in [0.25, 0.3) is 0 Å². The summed E-state index contributed by atoms with van der Waals surface area (Å²) in [5.74, 6) is 0.769. The van der Waals surface area contributed by atoms with Gasteiger partial charge in [-0.25, -0.2) is 8.42 Å². The highest BCUT2D eigenvalue weighted by Crippen LogP contribution is 2.28. The Morgan fingerprint density at radius 2 is 1.70 bits per heavy atom. The van der Waals surface area contributed by atoms with Gasteiger partial charge in [0.2, 0.25) is 0 Å². The maximum absolute atomic E-state index is 12.8. The monoisotopic (exact) mass is 466 g/mol. The van der Waals surface area contributed by atoms with Gasteiger partial charge in [0, 0.05) is 35.2 Å². The molecule has 1 saturated carbocycles. The van der Waals surface area contributed by atoms with E-state index in [4.69, 9.17) is 11.6 Å². The fraction of sp³-hybridized carbons (Fsp3) is 0.409. The summed E-state index contributed by atoms with van der Waals surface area (Å²) in [7, 11) is -2.21. The first kappa shape index (κ1) is 23.0. The standard InChI is InChI=1S/C22H27ClN2O3S2/c1-25(30(27,28)21-13-9-18(23)10-14-21)19-11-7-17(8-12-19)22(26)24-15-16-29-20-5-3-2-4-6-20/h7-14,20H,2-6,15-16H2,1H3,(H,24,26). The lowest BCUT2D eigenvalue weighted by Crippen LogP contribution is -2.27. The van der Waals surface area contributed by atoms with Crippen molar-refractivity contribution >= 4 is 45.0 Å². The van der Waals surface area contributed by atoms with Crippen molar-refractivity contribution in [3.8, 4) is 0 Å². The predicted octanol–water partition coefficient (Wildman–Crippen LogP) is 4.96. The highest BCUT2D eigenvalue weighted by atomic mass is 35.5. The Hall–Kier alpha value is -1.70. The molecule has 1 N–H and O–H groups in total. The fourth-order valence-electron chi connectivity index (χ4n) is 3.45. The molecule has 0 aliphatic heterocycles. The van der Waals surface area contributed by atoms with E-state index in [0.29, 0.717) is 22.8 Å². The van der Waals surface area contributed by atoms with Gasteiger partial charge in [-0.1, -0.05) is 30.9 Å². The Balaban J connectivity index is 1.54. The maximum atomic E-state index is 12.8. The molecule has 30 heavy (non-hydrogen) atoms. The topological polar surface area (TPSA) is 66.5 Å². The van der Waals surface area contributed by atoms with Crippen molar-refractivity contribution in [1.82, 2.24) is 5.32 Å². The van der Waals surface area contributed by atoms with E-state index in [-0.39, 0.29) is 10.8 Å². The molecule has 1 amide bonds. The summed E-state index contributed by atoms with van der Waals surface area (Å²) in [5.41, 5.74) is 0.994. The number of amides is 1. The number of halogens is 1. The zero-order valence-electron chi connectivity index (χ0n) is 17.0. The van der Waals surface area contributed by atoms with Gasteiger partial charge in [0.05, 0.1) is 10.6 Å². The highest BCUT2D eigenvalue weighted by Gasteiger charge is 2.21. The lowest BCUT2D eigenvalue weighted by Gasteiger charge is -2.21. The largest absolute Gasteiger partial charge is 0.351 e. The summed E-state index contributed by atoms with van der Waals surface area (Å²) in [5, 5.41) is 4.15. The summed E-state index contributed by atoms with van der Waals surface area (Å²) in [6, 6.07) is 12.6. The van der Waals surface area contributed by atoms with Crippen LogP contribution in [0.15, 0.2) is 53.4 Å². The first-order chi connectivity index (χ1) is 14.4. The summed E-state index contributed by atoms with van der Waals surface area (Å²) in [4.78, 5) is 12.5. The van der Waals surface area contributed by atoms with E-state index >= 15 is 0 Å². The third-order valence-electron chi connectivity index (χ3n) is 5.26. The summed E-state index contributed by atoms with van der Waals surface area (Å²) < 4.78 is 26.7. The molecule has 8 heteroatoms. The van der Waals surface area contributed by atoms with Crippen LogP contribution >= 0.6 is 23.4 Å². The molecule has 5 nitrogen and oxygen atoms in total. The van der Waals surface area contributed by atoms with E-state index in [0.717, 1.165) is 11.0 Å². The molecule has 1 fully saturated rings. The molecular weight excluding hydrogens is 440 g/mol. The van der Waals surface area contributed by atoms with E-state index in [9.17, 15) is 13.2 Å². The molecule has 0 radical (unpaired) electrons. The van der Waals surface area contributed by atoms with Gasteiger partial charge in [0.1, 0.15) is 0 Å². The van der Waals surface area contributed by atoms with Crippen molar-refractivity contribution in [3.63, 3.8) is 0 Å².